The minimum absolute atomic E-state index is 0.258. The number of rotatable bonds is 4. The van der Waals surface area contributed by atoms with E-state index in [1.165, 1.54) is 10.5 Å². The third kappa shape index (κ3) is 2.89. The van der Waals surface area contributed by atoms with Crippen LogP contribution in [0.3, 0.4) is 0 Å². The molecule has 0 N–H and O–H groups in total. The molecular weight excluding hydrogens is 352 g/mol. The van der Waals surface area contributed by atoms with E-state index < -0.39 is 12.1 Å². The van der Waals surface area contributed by atoms with Crippen LogP contribution < -0.4 is 4.90 Å². The highest BCUT2D eigenvalue weighted by Gasteiger charge is 2.54. The average Bonchev–Trinajstić information content (AvgIpc) is 3.18. The maximum Gasteiger partial charge on any atom is 0.263 e. The summed E-state index contributed by atoms with van der Waals surface area (Å²) in [6, 6.07) is 10.4. The molecule has 0 saturated carbocycles. The summed E-state index contributed by atoms with van der Waals surface area (Å²) < 4.78 is 0. The van der Waals surface area contributed by atoms with Gasteiger partial charge in [-0.05, 0) is 61.6 Å². The normalized spacial score (nSPS) is 21.0. The Kier molecular flexibility index (Phi) is 4.49. The fourth-order valence-corrected chi connectivity index (χ4v) is 4.11. The van der Waals surface area contributed by atoms with Gasteiger partial charge in [-0.1, -0.05) is 42.0 Å². The van der Waals surface area contributed by atoms with Crippen molar-refractivity contribution in [1.29, 1.82) is 0 Å². The first-order valence-electron chi connectivity index (χ1n) is 9.61. The number of carbonyl (C=O) groups is 2. The van der Waals surface area contributed by atoms with Gasteiger partial charge in [0.25, 0.3) is 11.8 Å². The zero-order valence-corrected chi connectivity index (χ0v) is 16.6. The predicted molar refractivity (Wildman–Crippen MR) is 107 cm³/mol. The number of benzene rings is 2. The summed E-state index contributed by atoms with van der Waals surface area (Å²) >= 11 is 0. The van der Waals surface area contributed by atoms with Gasteiger partial charge in [-0.15, -0.1) is 0 Å². The molecule has 0 radical (unpaired) electrons. The van der Waals surface area contributed by atoms with Crippen molar-refractivity contribution in [2.24, 2.45) is 10.3 Å². The molecular formula is C22H24N4O2. The third-order valence-electron chi connectivity index (χ3n) is 5.62. The van der Waals surface area contributed by atoms with E-state index in [9.17, 15) is 9.59 Å². The standard InChI is InChI=1S/C22H24N4O2/c1-5-16-6-8-17(9-7-16)26-21(27)19-20(22(26)28)25(24-23-19)12-18-14(3)10-13(2)11-15(18)4/h6-11,19-20H,5,12H2,1-4H3/t19-,20+/m1/s1. The van der Waals surface area contributed by atoms with E-state index >= 15 is 0 Å². The highest BCUT2D eigenvalue weighted by Crippen LogP contribution is 2.33. The van der Waals surface area contributed by atoms with Crippen molar-refractivity contribution >= 4 is 17.5 Å². The Labute approximate surface area is 164 Å². The summed E-state index contributed by atoms with van der Waals surface area (Å²) in [5, 5.41) is 9.96. The fraction of sp³-hybridized carbons (Fsp3) is 0.364. The number of anilines is 1. The molecule has 2 aliphatic rings. The number of imide groups is 1. The van der Waals surface area contributed by atoms with Gasteiger partial charge in [0.2, 0.25) is 0 Å². The molecule has 1 saturated heterocycles. The van der Waals surface area contributed by atoms with Crippen LogP contribution in [0.4, 0.5) is 5.69 Å². The van der Waals surface area contributed by atoms with Crippen LogP contribution >= 0.6 is 0 Å². The van der Waals surface area contributed by atoms with Gasteiger partial charge >= 0.3 is 0 Å². The van der Waals surface area contributed by atoms with Crippen LogP contribution in [0, 0.1) is 20.8 Å². The minimum Gasteiger partial charge on any atom is -0.271 e. The molecule has 2 amide bonds. The number of fused-ring (bicyclic) bond motifs is 1. The maximum atomic E-state index is 13.1. The Hall–Kier alpha value is -3.02. The van der Waals surface area contributed by atoms with Crippen LogP contribution in [0.1, 0.15) is 34.7 Å². The van der Waals surface area contributed by atoms with Crippen molar-refractivity contribution in [3.05, 3.63) is 64.2 Å². The lowest BCUT2D eigenvalue weighted by atomic mass is 9.99. The van der Waals surface area contributed by atoms with Crippen molar-refractivity contribution < 1.29 is 9.59 Å². The van der Waals surface area contributed by atoms with Gasteiger partial charge in [0.15, 0.2) is 12.1 Å². The summed E-state index contributed by atoms with van der Waals surface area (Å²) in [5.74, 6) is -0.561. The molecule has 144 valence electrons. The molecule has 0 bridgehead atoms. The lowest BCUT2D eigenvalue weighted by molar-refractivity contribution is -0.123. The number of hydrogen-bond donors (Lipinski definition) is 0. The van der Waals surface area contributed by atoms with Crippen molar-refractivity contribution in [2.75, 3.05) is 4.90 Å². The van der Waals surface area contributed by atoms with Gasteiger partial charge in [-0.2, -0.15) is 5.11 Å². The molecule has 0 spiro atoms. The molecule has 6 nitrogen and oxygen atoms in total. The molecule has 1 fully saturated rings. The molecule has 0 aromatic heterocycles. The SMILES string of the molecule is CCc1ccc(N2C(=O)[C@@H]3[C@@H](N=NN3Cc3c(C)cc(C)cc3C)C2=O)cc1. The van der Waals surface area contributed by atoms with Crippen molar-refractivity contribution in [3.63, 3.8) is 0 Å². The molecule has 2 atom stereocenters. The summed E-state index contributed by atoms with van der Waals surface area (Å²) in [4.78, 5) is 27.2. The summed E-state index contributed by atoms with van der Waals surface area (Å²) in [6.45, 7) is 8.71. The zero-order valence-electron chi connectivity index (χ0n) is 16.6. The Bertz CT molecular complexity index is 958. The maximum absolute atomic E-state index is 13.1. The van der Waals surface area contributed by atoms with Crippen LogP contribution in [0.25, 0.3) is 0 Å². The van der Waals surface area contributed by atoms with E-state index in [0.29, 0.717) is 12.2 Å². The van der Waals surface area contributed by atoms with Gasteiger partial charge in [0, 0.05) is 0 Å². The van der Waals surface area contributed by atoms with E-state index in [1.807, 2.05) is 24.3 Å². The lowest BCUT2D eigenvalue weighted by Crippen LogP contribution is -2.39. The fourth-order valence-electron chi connectivity index (χ4n) is 4.11. The average molecular weight is 376 g/mol. The molecule has 2 heterocycles. The second-order valence-electron chi connectivity index (χ2n) is 7.60. The van der Waals surface area contributed by atoms with Crippen LogP contribution in [-0.4, -0.2) is 28.9 Å². The number of amides is 2. The summed E-state index contributed by atoms with van der Waals surface area (Å²) in [7, 11) is 0. The molecule has 4 rings (SSSR count). The first-order chi connectivity index (χ1) is 13.4. The molecule has 0 unspecified atom stereocenters. The second-order valence-corrected chi connectivity index (χ2v) is 7.60. The summed E-state index contributed by atoms with van der Waals surface area (Å²) in [5.41, 5.74) is 6.39. The van der Waals surface area contributed by atoms with Crippen molar-refractivity contribution in [3.8, 4) is 0 Å². The van der Waals surface area contributed by atoms with Crippen molar-refractivity contribution in [2.45, 2.75) is 52.7 Å². The lowest BCUT2D eigenvalue weighted by Gasteiger charge is -2.22. The van der Waals surface area contributed by atoms with Crippen molar-refractivity contribution in [1.82, 2.24) is 5.01 Å². The molecule has 2 aromatic rings. The van der Waals surface area contributed by atoms with Crippen LogP contribution in [0.5, 0.6) is 0 Å². The van der Waals surface area contributed by atoms with Gasteiger partial charge < -0.3 is 0 Å². The number of carbonyl (C=O) groups excluding carboxylic acids is 2. The molecule has 0 aliphatic carbocycles. The van der Waals surface area contributed by atoms with Crippen LogP contribution in [0.15, 0.2) is 46.7 Å². The van der Waals surface area contributed by atoms with E-state index in [4.69, 9.17) is 0 Å². The quantitative estimate of drug-likeness (QED) is 0.765. The third-order valence-corrected chi connectivity index (χ3v) is 5.62. The Morgan fingerprint density at radius 1 is 0.964 bits per heavy atom. The summed E-state index contributed by atoms with van der Waals surface area (Å²) in [6.07, 6.45) is 0.907. The van der Waals surface area contributed by atoms with Crippen LogP contribution in [-0.2, 0) is 22.6 Å². The Morgan fingerprint density at radius 3 is 2.21 bits per heavy atom. The highest BCUT2D eigenvalue weighted by molar-refractivity contribution is 6.25. The largest absolute Gasteiger partial charge is 0.271 e. The zero-order chi connectivity index (χ0) is 20.0. The Morgan fingerprint density at radius 2 is 1.61 bits per heavy atom. The minimum atomic E-state index is -0.760. The first kappa shape index (κ1) is 18.3. The van der Waals surface area contributed by atoms with Gasteiger partial charge in [-0.25, -0.2) is 4.90 Å². The monoisotopic (exact) mass is 376 g/mol. The number of hydrogen-bond acceptors (Lipinski definition) is 5. The van der Waals surface area contributed by atoms with E-state index in [0.717, 1.165) is 28.7 Å². The highest BCUT2D eigenvalue weighted by atomic mass is 16.2. The molecule has 6 heteroatoms. The van der Waals surface area contributed by atoms with Gasteiger partial charge in [0.1, 0.15) is 0 Å². The number of aryl methyl sites for hydroxylation is 4. The van der Waals surface area contributed by atoms with E-state index in [-0.39, 0.29) is 11.8 Å². The molecule has 2 aliphatic heterocycles. The second kappa shape index (κ2) is 6.86. The van der Waals surface area contributed by atoms with E-state index in [1.54, 1.807) is 5.01 Å². The molecule has 2 aromatic carbocycles. The Balaban J connectivity index is 1.61. The van der Waals surface area contributed by atoms with E-state index in [2.05, 4.69) is 50.2 Å². The van der Waals surface area contributed by atoms with Gasteiger partial charge in [-0.3, -0.25) is 14.6 Å². The smallest absolute Gasteiger partial charge is 0.263 e. The predicted octanol–water partition coefficient (Wildman–Crippen LogP) is 3.67. The topological polar surface area (TPSA) is 65.3 Å². The number of nitrogens with zero attached hydrogens (tertiary/aromatic N) is 4. The van der Waals surface area contributed by atoms with Gasteiger partial charge in [0.05, 0.1) is 12.2 Å². The first-order valence-corrected chi connectivity index (χ1v) is 9.61. The van der Waals surface area contributed by atoms with Crippen LogP contribution in [0.2, 0.25) is 0 Å². The molecule has 28 heavy (non-hydrogen) atoms.